The minimum Gasteiger partial charge on any atom is -0.468 e. The maximum Gasteiger partial charge on any atom is 0.259 e. The zero-order valence-electron chi connectivity index (χ0n) is 14.0. The normalized spacial score (nSPS) is 16.3. The van der Waals surface area contributed by atoms with Gasteiger partial charge in [-0.1, -0.05) is 0 Å². The first-order valence-corrected chi connectivity index (χ1v) is 9.52. The summed E-state index contributed by atoms with van der Waals surface area (Å²) in [5.41, 5.74) is 9.81. The summed E-state index contributed by atoms with van der Waals surface area (Å²) in [4.78, 5) is 1.80. The summed E-state index contributed by atoms with van der Waals surface area (Å²) >= 11 is 5.03. The van der Waals surface area contributed by atoms with E-state index in [1.54, 1.807) is 18.7 Å². The van der Waals surface area contributed by atoms with Crippen molar-refractivity contribution in [2.45, 2.75) is 39.9 Å². The number of sulfone groups is 1. The molecule has 0 aromatic carbocycles. The monoisotopic (exact) mass is 357 g/mol. The van der Waals surface area contributed by atoms with Gasteiger partial charge in [-0.2, -0.15) is 0 Å². The van der Waals surface area contributed by atoms with Gasteiger partial charge in [0.25, 0.3) is 5.17 Å². The molecule has 5 N–H and O–H groups in total. The van der Waals surface area contributed by atoms with Crippen LogP contribution in [0.1, 0.15) is 27.7 Å². The Morgan fingerprint density at radius 3 is 1.82 bits per heavy atom. The second-order valence-electron chi connectivity index (χ2n) is 5.24. The molecule has 0 atom stereocenters. The first-order valence-electron chi connectivity index (χ1n) is 7.29. The lowest BCUT2D eigenvalue weighted by molar-refractivity contribution is 0.190. The fraction of sp³-hybridized carbons (Fsp3) is 0.923. The Morgan fingerprint density at radius 2 is 1.55 bits per heavy atom. The topological polar surface area (TPSA) is 119 Å². The largest absolute Gasteiger partial charge is 0.468 e. The van der Waals surface area contributed by atoms with Gasteiger partial charge in [0.2, 0.25) is 0 Å². The van der Waals surface area contributed by atoms with Gasteiger partial charge in [0, 0.05) is 32.3 Å². The van der Waals surface area contributed by atoms with E-state index in [4.69, 9.17) is 33.5 Å². The standard InChI is InChI=1S/C8H15NO3S2.C3H8O.C2H8N2/c1-7(2)12-8(13)9-3-5-14(10,11)6-4-9;1-3(2)4;3-1-2-4/h7H,3-6H2,1-2H3;3-4H,1-2H3;1-4H2. The van der Waals surface area contributed by atoms with Gasteiger partial charge in [-0.3, -0.25) is 0 Å². The van der Waals surface area contributed by atoms with Gasteiger partial charge in [-0.15, -0.1) is 0 Å². The number of aliphatic hydroxyl groups excluding tert-OH is 1. The van der Waals surface area contributed by atoms with E-state index in [0.717, 1.165) is 0 Å². The Kier molecular flexibility index (Phi) is 14.1. The van der Waals surface area contributed by atoms with Crippen LogP contribution >= 0.6 is 12.2 Å². The van der Waals surface area contributed by atoms with Crippen molar-refractivity contribution < 1.29 is 18.3 Å². The highest BCUT2D eigenvalue weighted by Gasteiger charge is 2.24. The van der Waals surface area contributed by atoms with Crippen LogP contribution in [-0.4, -0.2) is 73.5 Å². The van der Waals surface area contributed by atoms with Crippen molar-refractivity contribution >= 4 is 27.2 Å². The van der Waals surface area contributed by atoms with E-state index in [1.807, 2.05) is 13.8 Å². The van der Waals surface area contributed by atoms with Crippen LogP contribution in [0.3, 0.4) is 0 Å². The van der Waals surface area contributed by atoms with Crippen molar-refractivity contribution in [3.05, 3.63) is 0 Å². The van der Waals surface area contributed by atoms with E-state index in [0.29, 0.717) is 31.4 Å². The molecule has 0 aromatic heterocycles. The van der Waals surface area contributed by atoms with E-state index in [1.165, 1.54) is 0 Å². The van der Waals surface area contributed by atoms with Crippen LogP contribution in [0.25, 0.3) is 0 Å². The average molecular weight is 358 g/mol. The Hall–Kier alpha value is -0.480. The van der Waals surface area contributed by atoms with E-state index >= 15 is 0 Å². The van der Waals surface area contributed by atoms with Crippen molar-refractivity contribution in [1.29, 1.82) is 0 Å². The first-order chi connectivity index (χ1) is 10.1. The van der Waals surface area contributed by atoms with Gasteiger partial charge >= 0.3 is 0 Å². The SMILES string of the molecule is CC(C)O.CC(C)OC(=S)N1CCS(=O)(=O)CC1.NCCN. The minimum atomic E-state index is -2.83. The van der Waals surface area contributed by atoms with Gasteiger partial charge in [0.15, 0.2) is 9.84 Å². The average Bonchev–Trinajstić information content (AvgIpc) is 2.37. The van der Waals surface area contributed by atoms with Crippen molar-refractivity contribution in [2.24, 2.45) is 11.5 Å². The summed E-state index contributed by atoms with van der Waals surface area (Å²) in [5.74, 6) is 0.350. The van der Waals surface area contributed by atoms with Crippen LogP contribution in [-0.2, 0) is 14.6 Å². The number of nitrogens with two attached hydrogens (primary N) is 2. The molecule has 1 fully saturated rings. The molecule has 1 aliphatic heterocycles. The molecule has 9 heteroatoms. The zero-order chi connectivity index (χ0) is 17.8. The molecule has 0 spiro atoms. The lowest BCUT2D eigenvalue weighted by Gasteiger charge is -2.29. The smallest absolute Gasteiger partial charge is 0.259 e. The second-order valence-corrected chi connectivity index (χ2v) is 7.90. The third-order valence-corrected chi connectivity index (χ3v) is 4.07. The fourth-order valence-electron chi connectivity index (χ4n) is 1.17. The number of hydrogen-bond acceptors (Lipinski definition) is 7. The highest BCUT2D eigenvalue weighted by atomic mass is 32.2. The molecule has 1 saturated heterocycles. The summed E-state index contributed by atoms with van der Waals surface area (Å²) in [5, 5.41) is 8.47. The quantitative estimate of drug-likeness (QED) is 0.577. The molecule has 22 heavy (non-hydrogen) atoms. The molecule has 0 radical (unpaired) electrons. The number of thiocarbonyl (C=S) groups is 1. The summed E-state index contributed by atoms with van der Waals surface area (Å²) in [6.07, 6.45) is -0.124. The van der Waals surface area contributed by atoms with Crippen molar-refractivity contribution in [1.82, 2.24) is 4.90 Å². The van der Waals surface area contributed by atoms with Crippen molar-refractivity contribution in [3.8, 4) is 0 Å². The molecule has 0 amide bonds. The molecular formula is C13H31N3O4S2. The van der Waals surface area contributed by atoms with Crippen LogP contribution < -0.4 is 11.5 Å². The summed E-state index contributed by atoms with van der Waals surface area (Å²) in [6.45, 7) is 9.34. The highest BCUT2D eigenvalue weighted by Crippen LogP contribution is 2.06. The maximum absolute atomic E-state index is 11.1. The van der Waals surface area contributed by atoms with Gasteiger partial charge < -0.3 is 26.2 Å². The fourth-order valence-corrected chi connectivity index (χ4v) is 2.75. The van der Waals surface area contributed by atoms with Crippen molar-refractivity contribution in [2.75, 3.05) is 37.7 Å². The molecular weight excluding hydrogens is 326 g/mol. The Labute approximate surface area is 139 Å². The lowest BCUT2D eigenvalue weighted by Crippen LogP contribution is -2.44. The third-order valence-electron chi connectivity index (χ3n) is 2.11. The number of nitrogens with zero attached hydrogens (tertiary/aromatic N) is 1. The van der Waals surface area contributed by atoms with E-state index in [-0.39, 0.29) is 23.7 Å². The molecule has 134 valence electrons. The molecule has 1 rings (SSSR count). The van der Waals surface area contributed by atoms with Crippen LogP contribution in [0.4, 0.5) is 0 Å². The number of rotatable bonds is 2. The van der Waals surface area contributed by atoms with Gasteiger partial charge in [0.05, 0.1) is 17.6 Å². The van der Waals surface area contributed by atoms with Crippen LogP contribution in [0.5, 0.6) is 0 Å². The van der Waals surface area contributed by atoms with Gasteiger partial charge in [-0.05, 0) is 39.9 Å². The molecule has 7 nitrogen and oxygen atoms in total. The third kappa shape index (κ3) is 15.9. The second kappa shape index (κ2) is 13.0. The van der Waals surface area contributed by atoms with Crippen LogP contribution in [0.2, 0.25) is 0 Å². The molecule has 0 saturated carbocycles. The lowest BCUT2D eigenvalue weighted by atomic mass is 10.5. The van der Waals surface area contributed by atoms with Crippen LogP contribution in [0.15, 0.2) is 0 Å². The van der Waals surface area contributed by atoms with E-state index in [2.05, 4.69) is 0 Å². The number of hydrogen-bond donors (Lipinski definition) is 3. The van der Waals surface area contributed by atoms with Crippen molar-refractivity contribution in [3.63, 3.8) is 0 Å². The molecule has 0 unspecified atom stereocenters. The molecule has 1 aliphatic rings. The van der Waals surface area contributed by atoms with E-state index < -0.39 is 9.84 Å². The zero-order valence-corrected chi connectivity index (χ0v) is 15.6. The van der Waals surface area contributed by atoms with Gasteiger partial charge in [0.1, 0.15) is 0 Å². The predicted octanol–water partition coefficient (Wildman–Crippen LogP) is -0.282. The molecule has 0 bridgehead atoms. The molecule has 0 aromatic rings. The maximum atomic E-state index is 11.1. The Balaban J connectivity index is 0. The van der Waals surface area contributed by atoms with Crippen LogP contribution in [0, 0.1) is 0 Å². The highest BCUT2D eigenvalue weighted by molar-refractivity contribution is 7.91. The minimum absolute atomic E-state index is 0.0426. The molecule has 1 heterocycles. The Bertz CT molecular complexity index is 368. The summed E-state index contributed by atoms with van der Waals surface area (Å²) in [7, 11) is -2.83. The summed E-state index contributed by atoms with van der Waals surface area (Å²) < 4.78 is 27.6. The first kappa shape index (κ1) is 23.8. The predicted molar refractivity (Wildman–Crippen MR) is 94.5 cm³/mol. The summed E-state index contributed by atoms with van der Waals surface area (Å²) in [6, 6.07) is 0. The van der Waals surface area contributed by atoms with Gasteiger partial charge in [-0.25, -0.2) is 8.42 Å². The van der Waals surface area contributed by atoms with E-state index in [9.17, 15) is 8.42 Å². The number of ether oxygens (including phenoxy) is 1. The molecule has 0 aliphatic carbocycles. The number of aliphatic hydroxyl groups is 1. The Morgan fingerprint density at radius 1 is 1.18 bits per heavy atom.